The minimum absolute atomic E-state index is 0.157. The molecule has 488 valence electrons. The first-order valence-corrected chi connectivity index (χ1v) is 30.2. The molecule has 0 spiro atoms. The second-order valence-electron chi connectivity index (χ2n) is 25.6. The van der Waals surface area contributed by atoms with Crippen molar-refractivity contribution in [1.29, 1.82) is 0 Å². The summed E-state index contributed by atoms with van der Waals surface area (Å²) in [6.07, 6.45) is 19.5. The molecule has 4 aromatic carbocycles. The Labute approximate surface area is 534 Å². The summed E-state index contributed by atoms with van der Waals surface area (Å²) < 4.78 is 56.8. The number of allylic oxidation sites excluding steroid dienone is 8. The third kappa shape index (κ3) is 25.1. The van der Waals surface area contributed by atoms with Crippen molar-refractivity contribution in [3.8, 4) is 34.5 Å². The third-order valence-corrected chi connectivity index (χ3v) is 12.6. The van der Waals surface area contributed by atoms with Crippen LogP contribution in [0.3, 0.4) is 0 Å². The van der Waals surface area contributed by atoms with Crippen LogP contribution < -0.4 is 28.4 Å². The molecule has 4 rings (SSSR count). The number of ether oxygens (including phenoxy) is 10. The van der Waals surface area contributed by atoms with Gasteiger partial charge in [-0.3, -0.25) is 28.8 Å². The van der Waals surface area contributed by atoms with E-state index in [4.69, 9.17) is 47.4 Å². The van der Waals surface area contributed by atoms with E-state index in [1.54, 1.807) is 156 Å². The molecular formula is C74H96O16. The number of ketones is 2. The van der Waals surface area contributed by atoms with Crippen LogP contribution in [0, 0.1) is 21.7 Å². The molecule has 0 aromatic heterocycles. The molecule has 0 radical (unpaired) electrons. The molecule has 16 nitrogen and oxygen atoms in total. The molecule has 0 aliphatic heterocycles. The van der Waals surface area contributed by atoms with Crippen LogP contribution in [0.15, 0.2) is 122 Å². The van der Waals surface area contributed by atoms with Gasteiger partial charge < -0.3 is 47.4 Å². The lowest BCUT2D eigenvalue weighted by atomic mass is 9.96. The van der Waals surface area contributed by atoms with Gasteiger partial charge >= 0.3 is 23.9 Å². The van der Waals surface area contributed by atoms with Crippen molar-refractivity contribution >= 4 is 47.6 Å². The summed E-state index contributed by atoms with van der Waals surface area (Å²) in [5.74, 6) is 1.27. The SMILES string of the molecule is C=CCc1cc(C=CC(=O)c2ccc(OCOC(=O)C(C)(C)C)cc2)c(OC(C)C)c(CC=C)c1OCOC(=O)C(C)(C)C.CC=CCc1cc(C=CC(=O)c2ccc(OCOC(=O)C(C)(C)C)cc2)c(OC(C)C)c(CC=CC)c1OCOC(=O)C(C)(C)C. The van der Waals surface area contributed by atoms with Crippen molar-refractivity contribution in [1.82, 2.24) is 0 Å². The Balaban J connectivity index is 0.000000471. The molecule has 90 heavy (non-hydrogen) atoms. The smallest absolute Gasteiger partial charge is 0.314 e. The first-order chi connectivity index (χ1) is 42.2. The van der Waals surface area contributed by atoms with Gasteiger partial charge in [-0.15, -0.1) is 13.2 Å². The fraction of sp³-hybridized carbons (Fsp3) is 0.432. The number of benzene rings is 4. The number of hydrogen-bond acceptors (Lipinski definition) is 16. The average molecular weight is 1240 g/mol. The molecule has 0 saturated heterocycles. The van der Waals surface area contributed by atoms with Gasteiger partial charge in [0.15, 0.2) is 11.6 Å². The van der Waals surface area contributed by atoms with Gasteiger partial charge in [-0.2, -0.15) is 0 Å². The predicted octanol–water partition coefficient (Wildman–Crippen LogP) is 16.1. The molecule has 16 heteroatoms. The van der Waals surface area contributed by atoms with Crippen molar-refractivity contribution in [2.75, 3.05) is 27.2 Å². The van der Waals surface area contributed by atoms with E-state index in [9.17, 15) is 28.8 Å². The minimum Gasteiger partial charge on any atom is -0.490 e. The third-order valence-electron chi connectivity index (χ3n) is 12.6. The molecule has 0 bridgehead atoms. The Kier molecular flexibility index (Phi) is 29.8. The summed E-state index contributed by atoms with van der Waals surface area (Å²) in [7, 11) is 0. The van der Waals surface area contributed by atoms with Crippen molar-refractivity contribution in [3.63, 3.8) is 0 Å². The molecule has 4 aromatic rings. The fourth-order valence-corrected chi connectivity index (χ4v) is 7.80. The van der Waals surface area contributed by atoms with Crippen LogP contribution in [-0.4, -0.2) is 74.8 Å². The highest BCUT2D eigenvalue weighted by Gasteiger charge is 2.28. The number of esters is 4. The lowest BCUT2D eigenvalue weighted by Gasteiger charge is -2.23. The lowest BCUT2D eigenvalue weighted by molar-refractivity contribution is -0.160. The van der Waals surface area contributed by atoms with E-state index in [0.29, 0.717) is 76.9 Å². The van der Waals surface area contributed by atoms with Gasteiger partial charge in [-0.25, -0.2) is 0 Å². The van der Waals surface area contributed by atoms with Crippen LogP contribution in [-0.2, 0) is 63.8 Å². The van der Waals surface area contributed by atoms with Crippen molar-refractivity contribution in [3.05, 3.63) is 167 Å². The zero-order chi connectivity index (χ0) is 67.6. The highest BCUT2D eigenvalue weighted by molar-refractivity contribution is 6.07. The topological polar surface area (TPSA) is 195 Å². The molecular weight excluding hydrogens is 1140 g/mol. The number of carbonyl (C=O) groups excluding carboxylic acids is 6. The molecule has 0 heterocycles. The van der Waals surface area contributed by atoms with Crippen molar-refractivity contribution in [2.45, 2.75) is 163 Å². The van der Waals surface area contributed by atoms with E-state index in [1.165, 1.54) is 12.2 Å². The molecule has 0 saturated carbocycles. The van der Waals surface area contributed by atoms with Crippen LogP contribution in [0.5, 0.6) is 34.5 Å². The van der Waals surface area contributed by atoms with Crippen LogP contribution in [0.25, 0.3) is 12.2 Å². The summed E-state index contributed by atoms with van der Waals surface area (Å²) in [5, 5.41) is 0. The molecule has 0 fully saturated rings. The lowest BCUT2D eigenvalue weighted by Crippen LogP contribution is -2.25. The average Bonchev–Trinajstić information content (AvgIpc) is 0.872. The molecule has 0 atom stereocenters. The predicted molar refractivity (Wildman–Crippen MR) is 353 cm³/mol. The van der Waals surface area contributed by atoms with Gasteiger partial charge in [-0.1, -0.05) is 36.5 Å². The van der Waals surface area contributed by atoms with Gasteiger partial charge in [-0.05, 0) is 246 Å². The maximum Gasteiger partial charge on any atom is 0.314 e. The quantitative estimate of drug-likeness (QED) is 0.0119. The zero-order valence-electron chi connectivity index (χ0n) is 56.3. The van der Waals surface area contributed by atoms with E-state index >= 15 is 0 Å². The van der Waals surface area contributed by atoms with Gasteiger partial charge in [0.2, 0.25) is 27.2 Å². The van der Waals surface area contributed by atoms with Crippen molar-refractivity contribution < 1.29 is 76.1 Å². The molecule has 0 aliphatic rings. The van der Waals surface area contributed by atoms with Crippen LogP contribution in [0.4, 0.5) is 0 Å². The van der Waals surface area contributed by atoms with E-state index in [1.807, 2.05) is 78.0 Å². The second kappa shape index (κ2) is 35.5. The Morgan fingerprint density at radius 2 is 0.733 bits per heavy atom. The van der Waals surface area contributed by atoms with Gasteiger partial charge in [0.25, 0.3) is 0 Å². The first kappa shape index (κ1) is 75.6. The van der Waals surface area contributed by atoms with Gasteiger partial charge in [0.1, 0.15) is 34.5 Å². The maximum atomic E-state index is 13.2. The summed E-state index contributed by atoms with van der Waals surface area (Å²) in [6, 6.07) is 17.0. The standard InChI is InChI=1S/C38H50O8.C36H46O8/c1-11-13-15-28-23-29(19-22-32(39)27-17-20-30(21-18-27)42-24-44-35(40)37(5,6)7)34(46-26(3)4)31(16-14-12-2)33(28)43-25-45-36(41)38(8,9)10;1-11-13-26-21-27(17-20-30(37)25-15-18-28(19-16-25)40-22-42-33(38)35(5,6)7)32(44-24(3)4)29(14-12-2)31(26)41-23-43-34(39)36(8,9)10/h11-14,17-23,26H,15-16,24-25H2,1-10H3;11-12,15-21,24H,1-2,13-14,22-23H2,3-10H3. The van der Waals surface area contributed by atoms with E-state index in [2.05, 4.69) is 13.2 Å². The van der Waals surface area contributed by atoms with Crippen LogP contribution in [0.2, 0.25) is 0 Å². The number of hydrogen-bond donors (Lipinski definition) is 0. The van der Waals surface area contributed by atoms with Crippen LogP contribution >= 0.6 is 0 Å². The van der Waals surface area contributed by atoms with Crippen molar-refractivity contribution in [2.24, 2.45) is 21.7 Å². The van der Waals surface area contributed by atoms with E-state index < -0.39 is 21.7 Å². The monoisotopic (exact) mass is 1240 g/mol. The molecule has 0 amide bonds. The van der Waals surface area contributed by atoms with E-state index in [-0.39, 0.29) is 74.8 Å². The van der Waals surface area contributed by atoms with Gasteiger partial charge in [0.05, 0.1) is 33.9 Å². The number of carbonyl (C=O) groups is 6. The Hall–Kier alpha value is -8.66. The van der Waals surface area contributed by atoms with Crippen LogP contribution in [0.1, 0.15) is 179 Å². The minimum atomic E-state index is -0.668. The molecule has 0 aliphatic carbocycles. The van der Waals surface area contributed by atoms with E-state index in [0.717, 1.165) is 27.8 Å². The molecule has 0 unspecified atom stereocenters. The normalized spacial score (nSPS) is 12.0. The second-order valence-corrected chi connectivity index (χ2v) is 25.6. The Morgan fingerprint density at radius 3 is 1.04 bits per heavy atom. The summed E-state index contributed by atoms with van der Waals surface area (Å²) in [6.45, 7) is 39.7. The molecule has 0 N–H and O–H groups in total. The Bertz CT molecular complexity index is 3200. The summed E-state index contributed by atoms with van der Waals surface area (Å²) in [5.41, 5.74) is 2.91. The Morgan fingerprint density at radius 1 is 0.422 bits per heavy atom. The van der Waals surface area contributed by atoms with Gasteiger partial charge in [0, 0.05) is 33.4 Å². The summed E-state index contributed by atoms with van der Waals surface area (Å²) >= 11 is 0. The highest BCUT2D eigenvalue weighted by Crippen LogP contribution is 2.41. The zero-order valence-corrected chi connectivity index (χ0v) is 56.3. The first-order valence-electron chi connectivity index (χ1n) is 30.2. The number of rotatable bonds is 30. The fourth-order valence-electron chi connectivity index (χ4n) is 7.80. The largest absolute Gasteiger partial charge is 0.490 e. The highest BCUT2D eigenvalue weighted by atomic mass is 16.7. The summed E-state index contributed by atoms with van der Waals surface area (Å²) in [4.78, 5) is 74.9. The maximum absolute atomic E-state index is 13.2.